The third-order valence-corrected chi connectivity index (χ3v) is 3.47. The van der Waals surface area contributed by atoms with Crippen molar-refractivity contribution in [3.8, 4) is 0 Å². The van der Waals surface area contributed by atoms with Gasteiger partial charge in [0, 0.05) is 13.0 Å². The highest BCUT2D eigenvalue weighted by molar-refractivity contribution is 5.82. The average Bonchev–Trinajstić information content (AvgIpc) is 2.28. The van der Waals surface area contributed by atoms with Gasteiger partial charge in [-0.25, -0.2) is 0 Å². The Balaban J connectivity index is 1.70. The molecule has 0 radical (unpaired) electrons. The van der Waals surface area contributed by atoms with Crippen molar-refractivity contribution >= 4 is 5.78 Å². The van der Waals surface area contributed by atoms with Crippen LogP contribution < -0.4 is 0 Å². The molecule has 1 aromatic rings. The Labute approximate surface area is 108 Å². The van der Waals surface area contributed by atoms with E-state index in [1.807, 2.05) is 37.4 Å². The molecule has 0 unspecified atom stereocenters. The van der Waals surface area contributed by atoms with E-state index in [0.29, 0.717) is 18.9 Å². The largest absolute Gasteiger partial charge is 0.393 e. The van der Waals surface area contributed by atoms with Crippen LogP contribution in [-0.4, -0.2) is 42.0 Å². The normalized spacial score (nSPS) is 22.8. The van der Waals surface area contributed by atoms with E-state index in [9.17, 15) is 9.90 Å². The number of likely N-dealkylation sites (N-methyl/N-ethyl adjacent to an activating group) is 1. The van der Waals surface area contributed by atoms with E-state index in [2.05, 4.69) is 4.90 Å². The number of hydrogen-bond acceptors (Lipinski definition) is 3. The van der Waals surface area contributed by atoms with Gasteiger partial charge in [0.05, 0.1) is 12.6 Å². The Kier molecular flexibility index (Phi) is 4.50. The van der Waals surface area contributed by atoms with Crippen molar-refractivity contribution in [1.82, 2.24) is 4.90 Å². The van der Waals surface area contributed by atoms with Crippen LogP contribution in [0.25, 0.3) is 0 Å². The zero-order valence-corrected chi connectivity index (χ0v) is 10.9. The molecule has 1 N–H and O–H groups in total. The number of ketones is 1. The molecule has 0 aliphatic heterocycles. The molecular formula is C15H21NO2. The summed E-state index contributed by atoms with van der Waals surface area (Å²) in [6.07, 6.45) is 2.18. The molecule has 2 rings (SSSR count). The van der Waals surface area contributed by atoms with Gasteiger partial charge in [-0.05, 0) is 31.4 Å². The topological polar surface area (TPSA) is 40.5 Å². The van der Waals surface area contributed by atoms with Crippen molar-refractivity contribution < 1.29 is 9.90 Å². The molecule has 0 amide bonds. The van der Waals surface area contributed by atoms with Crippen molar-refractivity contribution in [1.29, 1.82) is 0 Å². The molecule has 98 valence electrons. The standard InChI is InChI=1S/C15H21NO2/c1-16(10-13-8-14(17)9-13)11-15(18)7-12-5-3-2-4-6-12/h2-6,13-14,17H,7-11H2,1H3. The van der Waals surface area contributed by atoms with Gasteiger partial charge < -0.3 is 5.11 Å². The molecule has 1 aliphatic carbocycles. The summed E-state index contributed by atoms with van der Waals surface area (Å²) in [6.45, 7) is 1.42. The summed E-state index contributed by atoms with van der Waals surface area (Å²) in [5, 5.41) is 9.22. The Morgan fingerprint density at radius 2 is 2.00 bits per heavy atom. The molecule has 18 heavy (non-hydrogen) atoms. The Morgan fingerprint density at radius 3 is 2.61 bits per heavy atom. The van der Waals surface area contributed by atoms with Crippen LogP contribution in [0.2, 0.25) is 0 Å². The minimum absolute atomic E-state index is 0.108. The van der Waals surface area contributed by atoms with Crippen LogP contribution in [0.1, 0.15) is 18.4 Å². The number of carbonyl (C=O) groups excluding carboxylic acids is 1. The van der Waals surface area contributed by atoms with Gasteiger partial charge >= 0.3 is 0 Å². The minimum Gasteiger partial charge on any atom is -0.393 e. The van der Waals surface area contributed by atoms with Crippen molar-refractivity contribution in [2.24, 2.45) is 5.92 Å². The lowest BCUT2D eigenvalue weighted by Crippen LogP contribution is -2.39. The second-order valence-electron chi connectivity index (χ2n) is 5.39. The molecule has 0 spiro atoms. The number of benzene rings is 1. The first-order valence-electron chi connectivity index (χ1n) is 6.55. The second-order valence-corrected chi connectivity index (χ2v) is 5.39. The van der Waals surface area contributed by atoms with Gasteiger partial charge in [0.2, 0.25) is 0 Å². The van der Waals surface area contributed by atoms with Crippen LogP contribution in [0.5, 0.6) is 0 Å². The van der Waals surface area contributed by atoms with Crippen LogP contribution in [0.15, 0.2) is 30.3 Å². The van der Waals surface area contributed by atoms with E-state index in [-0.39, 0.29) is 11.9 Å². The van der Waals surface area contributed by atoms with E-state index in [1.165, 1.54) is 0 Å². The molecule has 1 aliphatic rings. The predicted molar refractivity (Wildman–Crippen MR) is 71.4 cm³/mol. The summed E-state index contributed by atoms with van der Waals surface area (Å²) in [6, 6.07) is 9.85. The number of carbonyl (C=O) groups is 1. The van der Waals surface area contributed by atoms with Gasteiger partial charge in [-0.3, -0.25) is 9.69 Å². The van der Waals surface area contributed by atoms with Crippen LogP contribution in [0.4, 0.5) is 0 Å². The van der Waals surface area contributed by atoms with E-state index in [0.717, 1.165) is 24.9 Å². The van der Waals surface area contributed by atoms with Gasteiger partial charge in [-0.2, -0.15) is 0 Å². The molecule has 1 saturated carbocycles. The van der Waals surface area contributed by atoms with Gasteiger partial charge in [0.1, 0.15) is 0 Å². The molecule has 1 aromatic carbocycles. The van der Waals surface area contributed by atoms with E-state index < -0.39 is 0 Å². The molecule has 0 aromatic heterocycles. The Morgan fingerprint density at radius 1 is 1.33 bits per heavy atom. The number of rotatable bonds is 6. The smallest absolute Gasteiger partial charge is 0.151 e. The van der Waals surface area contributed by atoms with Crippen LogP contribution in [-0.2, 0) is 11.2 Å². The lowest BCUT2D eigenvalue weighted by Gasteiger charge is -2.34. The summed E-state index contributed by atoms with van der Waals surface area (Å²) in [7, 11) is 1.98. The van der Waals surface area contributed by atoms with Crippen molar-refractivity contribution in [2.45, 2.75) is 25.4 Å². The average molecular weight is 247 g/mol. The Hall–Kier alpha value is -1.19. The van der Waals surface area contributed by atoms with E-state index in [1.54, 1.807) is 0 Å². The summed E-state index contributed by atoms with van der Waals surface area (Å²) >= 11 is 0. The fraction of sp³-hybridized carbons (Fsp3) is 0.533. The zero-order valence-electron chi connectivity index (χ0n) is 10.9. The van der Waals surface area contributed by atoms with Crippen LogP contribution in [0, 0.1) is 5.92 Å². The molecule has 0 bridgehead atoms. The molecule has 1 fully saturated rings. The lowest BCUT2D eigenvalue weighted by atomic mass is 9.82. The molecule has 0 saturated heterocycles. The molecular weight excluding hydrogens is 226 g/mol. The highest BCUT2D eigenvalue weighted by Gasteiger charge is 2.28. The molecule has 0 heterocycles. The van der Waals surface area contributed by atoms with Gasteiger partial charge in [0.15, 0.2) is 5.78 Å². The quantitative estimate of drug-likeness (QED) is 0.828. The van der Waals surface area contributed by atoms with Gasteiger partial charge in [-0.15, -0.1) is 0 Å². The maximum Gasteiger partial charge on any atom is 0.151 e. The number of aliphatic hydroxyl groups excluding tert-OH is 1. The first-order chi connectivity index (χ1) is 8.63. The summed E-state index contributed by atoms with van der Waals surface area (Å²) < 4.78 is 0. The third-order valence-electron chi connectivity index (χ3n) is 3.47. The van der Waals surface area contributed by atoms with Crippen LogP contribution in [0.3, 0.4) is 0 Å². The van der Waals surface area contributed by atoms with Crippen molar-refractivity contribution in [2.75, 3.05) is 20.1 Å². The zero-order chi connectivity index (χ0) is 13.0. The van der Waals surface area contributed by atoms with E-state index in [4.69, 9.17) is 0 Å². The second kappa shape index (κ2) is 6.12. The summed E-state index contributed by atoms with van der Waals surface area (Å²) in [5.41, 5.74) is 1.08. The monoisotopic (exact) mass is 247 g/mol. The minimum atomic E-state index is -0.108. The maximum absolute atomic E-state index is 11.9. The van der Waals surface area contributed by atoms with Crippen LogP contribution >= 0.6 is 0 Å². The first kappa shape index (κ1) is 13.2. The number of hydrogen-bond donors (Lipinski definition) is 1. The van der Waals surface area contributed by atoms with Crippen molar-refractivity contribution in [3.63, 3.8) is 0 Å². The summed E-state index contributed by atoms with van der Waals surface area (Å²) in [4.78, 5) is 14.0. The SMILES string of the molecule is CN(CC(=O)Cc1ccccc1)CC1CC(O)C1. The predicted octanol–water partition coefficient (Wildman–Crippen LogP) is 1.50. The van der Waals surface area contributed by atoms with Gasteiger partial charge in [0.25, 0.3) is 0 Å². The number of aliphatic hydroxyl groups is 1. The van der Waals surface area contributed by atoms with Crippen molar-refractivity contribution in [3.05, 3.63) is 35.9 Å². The highest BCUT2D eigenvalue weighted by atomic mass is 16.3. The molecule has 3 heteroatoms. The van der Waals surface area contributed by atoms with Gasteiger partial charge in [-0.1, -0.05) is 30.3 Å². The fourth-order valence-electron chi connectivity index (χ4n) is 2.54. The first-order valence-corrected chi connectivity index (χ1v) is 6.55. The number of nitrogens with zero attached hydrogens (tertiary/aromatic N) is 1. The fourth-order valence-corrected chi connectivity index (χ4v) is 2.54. The molecule has 3 nitrogen and oxygen atoms in total. The number of Topliss-reactive ketones (excluding diaryl/α,β-unsaturated/α-hetero) is 1. The lowest BCUT2D eigenvalue weighted by molar-refractivity contribution is -0.119. The maximum atomic E-state index is 11.9. The molecule has 0 atom stereocenters. The summed E-state index contributed by atoms with van der Waals surface area (Å²) in [5.74, 6) is 0.818. The van der Waals surface area contributed by atoms with E-state index >= 15 is 0 Å². The third kappa shape index (κ3) is 3.93. The Bertz CT molecular complexity index is 385. The highest BCUT2D eigenvalue weighted by Crippen LogP contribution is 2.27.